The second kappa shape index (κ2) is 18.2. The SMILES string of the molecule is CCCCCCCCCCCCCCCCCc1cc(CBr)cc(CBr)c1. The molecular formula is C25H42Br2. The Hall–Kier alpha value is 0.180. The molecule has 1 aromatic carbocycles. The van der Waals surface area contributed by atoms with Gasteiger partial charge in [-0.05, 0) is 29.5 Å². The molecule has 0 aliphatic carbocycles. The number of alkyl halides is 2. The van der Waals surface area contributed by atoms with Gasteiger partial charge in [-0.2, -0.15) is 0 Å². The quantitative estimate of drug-likeness (QED) is 0.138. The van der Waals surface area contributed by atoms with Crippen LogP contribution < -0.4 is 0 Å². The minimum Gasteiger partial charge on any atom is -0.0876 e. The van der Waals surface area contributed by atoms with Crippen molar-refractivity contribution >= 4 is 31.9 Å². The molecular weight excluding hydrogens is 460 g/mol. The Bertz CT molecular complexity index is 433. The van der Waals surface area contributed by atoms with E-state index in [9.17, 15) is 0 Å². The fourth-order valence-electron chi connectivity index (χ4n) is 3.84. The van der Waals surface area contributed by atoms with Gasteiger partial charge in [0, 0.05) is 10.7 Å². The first-order valence-electron chi connectivity index (χ1n) is 11.5. The average molecular weight is 502 g/mol. The molecule has 0 N–H and O–H groups in total. The van der Waals surface area contributed by atoms with Crippen LogP contribution in [0.2, 0.25) is 0 Å². The number of unbranched alkanes of at least 4 members (excludes halogenated alkanes) is 14. The van der Waals surface area contributed by atoms with E-state index in [1.807, 2.05) is 0 Å². The lowest BCUT2D eigenvalue weighted by molar-refractivity contribution is 0.532. The molecule has 0 aliphatic heterocycles. The Morgan fingerprint density at radius 1 is 0.481 bits per heavy atom. The van der Waals surface area contributed by atoms with E-state index in [2.05, 4.69) is 57.0 Å². The predicted molar refractivity (Wildman–Crippen MR) is 130 cm³/mol. The van der Waals surface area contributed by atoms with E-state index < -0.39 is 0 Å². The molecule has 2 heteroatoms. The molecule has 1 rings (SSSR count). The highest BCUT2D eigenvalue weighted by molar-refractivity contribution is 9.08. The summed E-state index contributed by atoms with van der Waals surface area (Å²) in [6, 6.07) is 7.02. The summed E-state index contributed by atoms with van der Waals surface area (Å²) in [4.78, 5) is 0. The van der Waals surface area contributed by atoms with E-state index in [0.717, 1.165) is 10.7 Å². The predicted octanol–water partition coefficient (Wildman–Crippen LogP) is 9.89. The number of benzene rings is 1. The van der Waals surface area contributed by atoms with Crippen LogP contribution >= 0.6 is 31.9 Å². The molecule has 0 heterocycles. The monoisotopic (exact) mass is 500 g/mol. The lowest BCUT2D eigenvalue weighted by Gasteiger charge is -2.07. The third-order valence-electron chi connectivity index (χ3n) is 5.49. The molecule has 0 bridgehead atoms. The normalized spacial score (nSPS) is 11.2. The van der Waals surface area contributed by atoms with Crippen molar-refractivity contribution in [2.75, 3.05) is 0 Å². The Morgan fingerprint density at radius 3 is 1.19 bits per heavy atom. The second-order valence-electron chi connectivity index (χ2n) is 8.12. The van der Waals surface area contributed by atoms with Gasteiger partial charge in [0.25, 0.3) is 0 Å². The van der Waals surface area contributed by atoms with Crippen molar-refractivity contribution in [1.82, 2.24) is 0 Å². The van der Waals surface area contributed by atoms with E-state index in [0.29, 0.717) is 0 Å². The maximum atomic E-state index is 3.59. The van der Waals surface area contributed by atoms with Crippen LogP contribution in [-0.2, 0) is 17.1 Å². The summed E-state index contributed by atoms with van der Waals surface area (Å²) in [6.45, 7) is 2.30. The Labute approximate surface area is 186 Å². The van der Waals surface area contributed by atoms with Gasteiger partial charge in [0.2, 0.25) is 0 Å². The molecule has 156 valence electrons. The summed E-state index contributed by atoms with van der Waals surface area (Å²) in [5.74, 6) is 0. The van der Waals surface area contributed by atoms with Gasteiger partial charge in [-0.15, -0.1) is 0 Å². The highest BCUT2D eigenvalue weighted by Gasteiger charge is 2.01. The zero-order valence-corrected chi connectivity index (χ0v) is 20.9. The van der Waals surface area contributed by atoms with Gasteiger partial charge in [-0.25, -0.2) is 0 Å². The van der Waals surface area contributed by atoms with Crippen LogP contribution in [0.1, 0.15) is 120 Å². The summed E-state index contributed by atoms with van der Waals surface area (Å²) < 4.78 is 0. The van der Waals surface area contributed by atoms with E-state index >= 15 is 0 Å². The number of halogens is 2. The highest BCUT2D eigenvalue weighted by Crippen LogP contribution is 2.18. The first-order chi connectivity index (χ1) is 13.3. The van der Waals surface area contributed by atoms with Crippen molar-refractivity contribution < 1.29 is 0 Å². The topological polar surface area (TPSA) is 0 Å². The summed E-state index contributed by atoms with van der Waals surface area (Å²) in [5, 5.41) is 1.92. The number of aryl methyl sites for hydroxylation is 1. The van der Waals surface area contributed by atoms with Crippen LogP contribution in [0.5, 0.6) is 0 Å². The number of hydrogen-bond donors (Lipinski definition) is 0. The van der Waals surface area contributed by atoms with Crippen molar-refractivity contribution in [2.24, 2.45) is 0 Å². The standard InChI is InChI=1S/C25H42Br2/c1-2-3-4-5-6-7-8-9-10-11-12-13-14-15-16-17-23-18-24(21-26)20-25(19-23)22-27/h18-20H,2-17,21-22H2,1H3. The summed E-state index contributed by atoms with van der Waals surface area (Å²) in [5.41, 5.74) is 4.32. The zero-order valence-electron chi connectivity index (χ0n) is 17.7. The van der Waals surface area contributed by atoms with Crippen LogP contribution in [0.25, 0.3) is 0 Å². The van der Waals surface area contributed by atoms with E-state index in [1.165, 1.54) is 119 Å². The maximum Gasteiger partial charge on any atom is 0.0283 e. The molecule has 0 nitrogen and oxygen atoms in total. The van der Waals surface area contributed by atoms with E-state index in [4.69, 9.17) is 0 Å². The first-order valence-corrected chi connectivity index (χ1v) is 13.8. The summed E-state index contributed by atoms with van der Waals surface area (Å²) >= 11 is 7.18. The van der Waals surface area contributed by atoms with Crippen LogP contribution in [-0.4, -0.2) is 0 Å². The smallest absolute Gasteiger partial charge is 0.0283 e. The molecule has 0 spiro atoms. The van der Waals surface area contributed by atoms with Crippen LogP contribution in [0.3, 0.4) is 0 Å². The molecule has 0 amide bonds. The van der Waals surface area contributed by atoms with Gasteiger partial charge < -0.3 is 0 Å². The number of rotatable bonds is 18. The van der Waals surface area contributed by atoms with Gasteiger partial charge in [0.1, 0.15) is 0 Å². The second-order valence-corrected chi connectivity index (χ2v) is 9.25. The molecule has 0 fully saturated rings. The average Bonchev–Trinajstić information content (AvgIpc) is 2.70. The molecule has 0 saturated carbocycles. The molecule has 0 radical (unpaired) electrons. The minimum absolute atomic E-state index is 0.958. The van der Waals surface area contributed by atoms with Gasteiger partial charge in [0.15, 0.2) is 0 Å². The Morgan fingerprint density at radius 2 is 0.815 bits per heavy atom. The molecule has 0 atom stereocenters. The number of hydrogen-bond acceptors (Lipinski definition) is 0. The Kier molecular flexibility index (Phi) is 17.0. The third-order valence-corrected chi connectivity index (χ3v) is 6.78. The molecule has 0 aliphatic rings. The summed E-state index contributed by atoms with van der Waals surface area (Å²) in [7, 11) is 0. The van der Waals surface area contributed by atoms with Crippen molar-refractivity contribution in [1.29, 1.82) is 0 Å². The molecule has 0 aromatic heterocycles. The molecule has 1 aromatic rings. The largest absolute Gasteiger partial charge is 0.0876 e. The fourth-order valence-corrected chi connectivity index (χ4v) is 4.49. The minimum atomic E-state index is 0.958. The van der Waals surface area contributed by atoms with Gasteiger partial charge in [0.05, 0.1) is 0 Å². The van der Waals surface area contributed by atoms with Gasteiger partial charge in [-0.1, -0.05) is 147 Å². The summed E-state index contributed by atoms with van der Waals surface area (Å²) in [6.07, 6.45) is 22.8. The molecule has 0 unspecified atom stereocenters. The van der Waals surface area contributed by atoms with Crippen molar-refractivity contribution in [2.45, 2.75) is 120 Å². The molecule has 27 heavy (non-hydrogen) atoms. The lowest BCUT2D eigenvalue weighted by atomic mass is 10.0. The highest BCUT2D eigenvalue weighted by atomic mass is 79.9. The zero-order chi connectivity index (χ0) is 19.6. The maximum absolute atomic E-state index is 3.59. The van der Waals surface area contributed by atoms with Crippen LogP contribution in [0, 0.1) is 0 Å². The van der Waals surface area contributed by atoms with Crippen molar-refractivity contribution in [3.63, 3.8) is 0 Å². The van der Waals surface area contributed by atoms with Crippen LogP contribution in [0.15, 0.2) is 18.2 Å². The fraction of sp³-hybridized carbons (Fsp3) is 0.760. The van der Waals surface area contributed by atoms with Crippen LogP contribution in [0.4, 0.5) is 0 Å². The van der Waals surface area contributed by atoms with E-state index in [1.54, 1.807) is 0 Å². The third kappa shape index (κ3) is 13.9. The van der Waals surface area contributed by atoms with Gasteiger partial charge in [-0.3, -0.25) is 0 Å². The van der Waals surface area contributed by atoms with E-state index in [-0.39, 0.29) is 0 Å². The Balaban J connectivity index is 1.91. The lowest BCUT2D eigenvalue weighted by Crippen LogP contribution is -1.92. The van der Waals surface area contributed by atoms with Crippen molar-refractivity contribution in [3.8, 4) is 0 Å². The van der Waals surface area contributed by atoms with Gasteiger partial charge >= 0.3 is 0 Å². The molecule has 0 saturated heterocycles. The first kappa shape index (κ1) is 25.2. The van der Waals surface area contributed by atoms with Crippen molar-refractivity contribution in [3.05, 3.63) is 34.9 Å².